The van der Waals surface area contributed by atoms with Crippen molar-refractivity contribution in [3.05, 3.63) is 70.5 Å². The van der Waals surface area contributed by atoms with Crippen molar-refractivity contribution in [1.29, 1.82) is 0 Å². The number of alkyl halides is 2. The van der Waals surface area contributed by atoms with E-state index in [1.807, 2.05) is 0 Å². The molecule has 2 heterocycles. The topological polar surface area (TPSA) is 169 Å². The van der Waals surface area contributed by atoms with E-state index in [0.717, 1.165) is 12.1 Å². The number of halogens is 3. The summed E-state index contributed by atoms with van der Waals surface area (Å²) in [7, 11) is 0. The Morgan fingerprint density at radius 2 is 2.00 bits per heavy atom. The minimum Gasteiger partial charge on any atom is -0.485 e. The van der Waals surface area contributed by atoms with Gasteiger partial charge in [0.1, 0.15) is 29.9 Å². The Morgan fingerprint density at radius 1 is 1.24 bits per heavy atom. The summed E-state index contributed by atoms with van der Waals surface area (Å²) in [6, 6.07) is 5.26. The van der Waals surface area contributed by atoms with Crippen LogP contribution in [-0.4, -0.2) is 51.6 Å². The van der Waals surface area contributed by atoms with E-state index in [-0.39, 0.29) is 36.3 Å². The first-order valence-electron chi connectivity index (χ1n) is 11.2. The van der Waals surface area contributed by atoms with Crippen molar-refractivity contribution in [2.75, 3.05) is 11.9 Å². The summed E-state index contributed by atoms with van der Waals surface area (Å²) in [5, 5.41) is 13.8. The molecule has 0 fully saturated rings. The van der Waals surface area contributed by atoms with Crippen LogP contribution in [0.15, 0.2) is 53.5 Å². The van der Waals surface area contributed by atoms with Gasteiger partial charge in [-0.05, 0) is 43.2 Å². The molecule has 0 aliphatic rings. The van der Waals surface area contributed by atoms with Crippen LogP contribution >= 0.6 is 0 Å². The molecule has 0 aliphatic heterocycles. The van der Waals surface area contributed by atoms with Gasteiger partial charge in [0, 0.05) is 23.3 Å². The van der Waals surface area contributed by atoms with Crippen molar-refractivity contribution in [3.63, 3.8) is 0 Å². The van der Waals surface area contributed by atoms with Crippen LogP contribution in [0, 0.1) is 5.82 Å². The molecule has 0 spiro atoms. The van der Waals surface area contributed by atoms with E-state index >= 15 is 0 Å². The van der Waals surface area contributed by atoms with Crippen LogP contribution in [0.3, 0.4) is 0 Å². The molecule has 2 aromatic heterocycles. The largest absolute Gasteiger partial charge is 0.485 e. The Labute approximate surface area is 213 Å². The van der Waals surface area contributed by atoms with Gasteiger partial charge in [0.2, 0.25) is 11.8 Å². The predicted octanol–water partition coefficient (Wildman–Crippen LogP) is 2.56. The highest BCUT2D eigenvalue weighted by Crippen LogP contribution is 2.28. The number of nitrogens with two attached hydrogens (primary N) is 1. The molecule has 0 bridgehead atoms. The third-order valence-corrected chi connectivity index (χ3v) is 5.21. The minimum atomic E-state index is -2.75. The Hall–Kier alpha value is -4.75. The molecule has 38 heavy (non-hydrogen) atoms. The number of allylic oxidation sites excluding steroid dienone is 1. The van der Waals surface area contributed by atoms with Crippen LogP contribution in [0.1, 0.15) is 18.5 Å². The van der Waals surface area contributed by atoms with Gasteiger partial charge in [-0.3, -0.25) is 14.4 Å². The van der Waals surface area contributed by atoms with Crippen LogP contribution < -0.4 is 26.7 Å². The first kappa shape index (κ1) is 27.8. The van der Waals surface area contributed by atoms with Crippen molar-refractivity contribution in [2.45, 2.75) is 31.9 Å². The number of primary amides is 1. The summed E-state index contributed by atoms with van der Waals surface area (Å²) in [6.07, 6.45) is -0.164. The van der Waals surface area contributed by atoms with Crippen molar-refractivity contribution >= 4 is 34.5 Å². The Bertz CT molecular complexity index is 1420. The first-order valence-corrected chi connectivity index (χ1v) is 11.2. The smallest absolute Gasteiger partial charge is 0.405 e. The molecule has 0 saturated carbocycles. The number of fused-ring (bicyclic) bond motifs is 1. The highest BCUT2D eigenvalue weighted by Gasteiger charge is 2.21. The summed E-state index contributed by atoms with van der Waals surface area (Å²) < 4.78 is 45.3. The Morgan fingerprint density at radius 3 is 2.68 bits per heavy atom. The molecule has 1 unspecified atom stereocenters. The molecule has 3 rings (SSSR count). The molecule has 0 aliphatic carbocycles. The molecule has 0 radical (unpaired) electrons. The molecule has 3 amide bonds. The van der Waals surface area contributed by atoms with Crippen molar-refractivity contribution < 1.29 is 37.4 Å². The summed E-state index contributed by atoms with van der Waals surface area (Å²) in [5.74, 6) is -2.29. The van der Waals surface area contributed by atoms with Gasteiger partial charge >= 0.3 is 6.09 Å². The van der Waals surface area contributed by atoms with E-state index in [4.69, 9.17) is 15.6 Å². The van der Waals surface area contributed by atoms with Crippen LogP contribution in [-0.2, 0) is 16.1 Å². The average molecular weight is 535 g/mol. The number of H-pyrrole nitrogens is 1. The van der Waals surface area contributed by atoms with Gasteiger partial charge in [-0.2, -0.15) is 0 Å². The number of hydrogen-bond acceptors (Lipinski definition) is 5. The Balaban J connectivity index is 1.79. The lowest BCUT2D eigenvalue weighted by atomic mass is 10.1. The van der Waals surface area contributed by atoms with Crippen LogP contribution in [0.4, 0.5) is 23.7 Å². The number of carbonyl (C=O) groups excluding carboxylic acids is 2. The molecule has 6 N–H and O–H groups in total. The maximum atomic E-state index is 13.9. The quantitative estimate of drug-likeness (QED) is 0.223. The van der Waals surface area contributed by atoms with Crippen LogP contribution in [0.25, 0.3) is 10.9 Å². The fraction of sp³-hybridized carbons (Fsp3) is 0.250. The monoisotopic (exact) mass is 535 g/mol. The number of nitrogens with one attached hydrogen (secondary N) is 3. The number of rotatable bonds is 12. The zero-order chi connectivity index (χ0) is 27.8. The van der Waals surface area contributed by atoms with Gasteiger partial charge in [-0.25, -0.2) is 18.0 Å². The molecule has 3 aromatic rings. The number of amides is 3. The van der Waals surface area contributed by atoms with Crippen LogP contribution in [0.2, 0.25) is 0 Å². The van der Waals surface area contributed by atoms with E-state index < -0.39 is 48.4 Å². The molecule has 1 aromatic carbocycles. The number of hydrogen-bond donors (Lipinski definition) is 5. The minimum absolute atomic E-state index is 0.00940. The number of pyridine rings is 1. The second kappa shape index (κ2) is 12.5. The SMILES string of the molecule is NC(=O)C=CCCC(NC(=O)O)C(=O)Nc1cccn(Cc2cc3cc(F)cc(OCC(F)F)c3[nH]2)c1=O. The molecule has 1 atom stereocenters. The summed E-state index contributed by atoms with van der Waals surface area (Å²) in [6.45, 7) is -0.977. The average Bonchev–Trinajstić information content (AvgIpc) is 3.23. The van der Waals surface area contributed by atoms with Gasteiger partial charge in [0.15, 0.2) is 0 Å². The van der Waals surface area contributed by atoms with E-state index in [1.165, 1.54) is 41.1 Å². The van der Waals surface area contributed by atoms with Gasteiger partial charge in [0.05, 0.1) is 12.1 Å². The first-order chi connectivity index (χ1) is 18.0. The molecule has 202 valence electrons. The molecule has 14 heteroatoms. The van der Waals surface area contributed by atoms with E-state index in [9.17, 15) is 32.3 Å². The fourth-order valence-electron chi connectivity index (χ4n) is 3.63. The van der Waals surface area contributed by atoms with Crippen LogP contribution in [0.5, 0.6) is 5.75 Å². The van der Waals surface area contributed by atoms with Crippen molar-refractivity contribution in [1.82, 2.24) is 14.9 Å². The van der Waals surface area contributed by atoms with Gasteiger partial charge < -0.3 is 35.8 Å². The number of ether oxygens (including phenoxy) is 1. The molecule has 11 nitrogen and oxygen atoms in total. The lowest BCUT2D eigenvalue weighted by Gasteiger charge is -2.16. The normalized spacial score (nSPS) is 12.1. The fourth-order valence-corrected chi connectivity index (χ4v) is 3.63. The number of anilines is 1. The van der Waals surface area contributed by atoms with Gasteiger partial charge in [-0.15, -0.1) is 0 Å². The van der Waals surface area contributed by atoms with Crippen molar-refractivity contribution in [2.24, 2.45) is 5.73 Å². The third-order valence-electron chi connectivity index (χ3n) is 5.21. The number of aromatic nitrogens is 2. The van der Waals surface area contributed by atoms with E-state index in [0.29, 0.717) is 11.1 Å². The Kier molecular flexibility index (Phi) is 9.13. The van der Waals surface area contributed by atoms with Crippen molar-refractivity contribution in [3.8, 4) is 5.75 Å². The standard InChI is InChI=1S/C24H24F3N5O6/c25-14-8-13-9-15(29-21(13)18(10-14)38-12-19(26)27)11-32-7-3-5-17(23(32)35)30-22(34)16(31-24(36)37)4-1-2-6-20(28)33/h2-3,5-10,16,19,29,31H,1,4,11-12H2,(H2,28,33)(H,30,34)(H,36,37). The highest BCUT2D eigenvalue weighted by molar-refractivity contribution is 5.96. The second-order valence-corrected chi connectivity index (χ2v) is 8.09. The maximum absolute atomic E-state index is 13.9. The molecular formula is C24H24F3N5O6. The highest BCUT2D eigenvalue weighted by atomic mass is 19.3. The summed E-state index contributed by atoms with van der Waals surface area (Å²) in [5.41, 5.74) is 4.93. The number of nitrogens with zero attached hydrogens (tertiary/aromatic N) is 1. The maximum Gasteiger partial charge on any atom is 0.405 e. The zero-order valence-corrected chi connectivity index (χ0v) is 19.7. The van der Waals surface area contributed by atoms with Gasteiger partial charge in [-0.1, -0.05) is 6.08 Å². The third kappa shape index (κ3) is 7.62. The number of benzene rings is 1. The van der Waals surface area contributed by atoms with E-state index in [2.05, 4.69) is 15.6 Å². The number of aromatic amines is 1. The summed E-state index contributed by atoms with van der Waals surface area (Å²) >= 11 is 0. The second-order valence-electron chi connectivity index (χ2n) is 8.09. The van der Waals surface area contributed by atoms with E-state index in [1.54, 1.807) is 0 Å². The summed E-state index contributed by atoms with van der Waals surface area (Å²) in [4.78, 5) is 50.5. The zero-order valence-electron chi connectivity index (χ0n) is 19.7. The lowest BCUT2D eigenvalue weighted by molar-refractivity contribution is -0.118. The number of carboxylic acid groups (broad SMARTS) is 1. The molecule has 0 saturated heterocycles. The molecular weight excluding hydrogens is 511 g/mol. The lowest BCUT2D eigenvalue weighted by Crippen LogP contribution is -2.44. The van der Waals surface area contributed by atoms with Gasteiger partial charge in [0.25, 0.3) is 12.0 Å². The predicted molar refractivity (Wildman–Crippen MR) is 131 cm³/mol. The number of carbonyl (C=O) groups is 3.